The van der Waals surface area contributed by atoms with Gasteiger partial charge in [0.05, 0.1) is 26.1 Å². The maximum Gasteiger partial charge on any atom is 0.250 e. The Hall–Kier alpha value is -2.08. The van der Waals surface area contributed by atoms with Crippen molar-refractivity contribution < 1.29 is 19.2 Å². The van der Waals surface area contributed by atoms with Crippen LogP contribution in [0, 0.1) is 5.92 Å². The number of hydrogen-bond acceptors (Lipinski definition) is 4. The molecule has 1 aliphatic heterocycles. The van der Waals surface area contributed by atoms with E-state index in [1.54, 1.807) is 11.9 Å². The Morgan fingerprint density at radius 2 is 2.04 bits per heavy atom. The highest BCUT2D eigenvalue weighted by Crippen LogP contribution is 2.19. The van der Waals surface area contributed by atoms with Crippen molar-refractivity contribution in [2.75, 3.05) is 33.9 Å². The van der Waals surface area contributed by atoms with E-state index in [0.717, 1.165) is 18.6 Å². The molecule has 0 aromatic heterocycles. The van der Waals surface area contributed by atoms with E-state index < -0.39 is 0 Å². The molecule has 6 nitrogen and oxygen atoms in total. The maximum atomic E-state index is 12.3. The summed E-state index contributed by atoms with van der Waals surface area (Å²) in [6.07, 6.45) is 1.94. The Morgan fingerprint density at radius 1 is 1.30 bits per heavy atom. The molecule has 1 heterocycles. The lowest BCUT2D eigenvalue weighted by Crippen LogP contribution is -2.45. The monoisotopic (exact) mass is 320 g/mol. The van der Waals surface area contributed by atoms with Crippen molar-refractivity contribution in [2.45, 2.75) is 19.3 Å². The molecule has 0 saturated carbocycles. The van der Waals surface area contributed by atoms with Gasteiger partial charge in [-0.25, -0.2) is 5.06 Å². The molecule has 1 saturated heterocycles. The molecule has 0 aliphatic carbocycles. The molecule has 23 heavy (non-hydrogen) atoms. The largest absolute Gasteiger partial charge is 0.493 e. The molecule has 1 atom stereocenters. The second kappa shape index (κ2) is 8.53. The van der Waals surface area contributed by atoms with Crippen molar-refractivity contribution in [3.05, 3.63) is 30.3 Å². The predicted octanol–water partition coefficient (Wildman–Crippen LogP) is 1.71. The highest BCUT2D eigenvalue weighted by Gasteiger charge is 2.30. The number of carbonyl (C=O) groups is 2. The first-order chi connectivity index (χ1) is 11.1. The Morgan fingerprint density at radius 3 is 2.74 bits per heavy atom. The summed E-state index contributed by atoms with van der Waals surface area (Å²) < 4.78 is 5.55. The first-order valence-corrected chi connectivity index (χ1v) is 7.89. The van der Waals surface area contributed by atoms with Crippen LogP contribution in [0.4, 0.5) is 0 Å². The van der Waals surface area contributed by atoms with Crippen molar-refractivity contribution in [1.29, 1.82) is 0 Å². The van der Waals surface area contributed by atoms with Crippen molar-refractivity contribution in [3.63, 3.8) is 0 Å². The number of piperidine rings is 1. The Balaban J connectivity index is 1.79. The third-order valence-electron chi connectivity index (χ3n) is 4.04. The van der Waals surface area contributed by atoms with E-state index in [2.05, 4.69) is 0 Å². The first-order valence-electron chi connectivity index (χ1n) is 7.89. The van der Waals surface area contributed by atoms with Gasteiger partial charge in [0.1, 0.15) is 5.75 Å². The molecular formula is C17H24N2O4. The normalized spacial score (nSPS) is 17.7. The number of likely N-dealkylation sites (tertiary alicyclic amines) is 1. The lowest BCUT2D eigenvalue weighted by molar-refractivity contribution is -0.175. The minimum atomic E-state index is -0.187. The minimum Gasteiger partial charge on any atom is -0.493 e. The van der Waals surface area contributed by atoms with Crippen LogP contribution in [0.15, 0.2) is 30.3 Å². The van der Waals surface area contributed by atoms with Gasteiger partial charge in [0, 0.05) is 20.1 Å². The second-order valence-corrected chi connectivity index (χ2v) is 5.61. The van der Waals surface area contributed by atoms with Crippen molar-refractivity contribution in [1.82, 2.24) is 9.96 Å². The van der Waals surface area contributed by atoms with Gasteiger partial charge in [-0.15, -0.1) is 0 Å². The summed E-state index contributed by atoms with van der Waals surface area (Å²) in [6, 6.07) is 9.43. The minimum absolute atomic E-state index is 0.0264. The molecule has 2 amide bonds. The fourth-order valence-electron chi connectivity index (χ4n) is 2.68. The molecule has 6 heteroatoms. The summed E-state index contributed by atoms with van der Waals surface area (Å²) >= 11 is 0. The van der Waals surface area contributed by atoms with Crippen LogP contribution < -0.4 is 4.74 Å². The standard InChI is InChI=1S/C17H24N2O4/c1-18(22-2)17(21)14-7-6-11-19(13-14)16(20)10-12-23-15-8-4-3-5-9-15/h3-5,8-9,14H,6-7,10-13H2,1-2H3. The number of benzene rings is 1. The lowest BCUT2D eigenvalue weighted by atomic mass is 9.97. The fraction of sp³-hybridized carbons (Fsp3) is 0.529. The van der Waals surface area contributed by atoms with E-state index in [4.69, 9.17) is 9.57 Å². The zero-order valence-corrected chi connectivity index (χ0v) is 13.7. The summed E-state index contributed by atoms with van der Waals surface area (Å²) in [7, 11) is 3.06. The van der Waals surface area contributed by atoms with Gasteiger partial charge in [-0.2, -0.15) is 0 Å². The van der Waals surface area contributed by atoms with Crippen LogP contribution in [0.1, 0.15) is 19.3 Å². The zero-order valence-electron chi connectivity index (χ0n) is 13.7. The molecule has 0 N–H and O–H groups in total. The average molecular weight is 320 g/mol. The van der Waals surface area contributed by atoms with Crippen LogP contribution in [-0.2, 0) is 14.4 Å². The van der Waals surface area contributed by atoms with Crippen LogP contribution in [0.2, 0.25) is 0 Å². The van der Waals surface area contributed by atoms with Crippen LogP contribution >= 0.6 is 0 Å². The van der Waals surface area contributed by atoms with Gasteiger partial charge >= 0.3 is 0 Å². The quantitative estimate of drug-likeness (QED) is 0.749. The summed E-state index contributed by atoms with van der Waals surface area (Å²) in [5.41, 5.74) is 0. The molecule has 2 rings (SSSR count). The summed E-state index contributed by atoms with van der Waals surface area (Å²) in [6.45, 7) is 1.50. The second-order valence-electron chi connectivity index (χ2n) is 5.61. The topological polar surface area (TPSA) is 59.1 Å². The molecule has 126 valence electrons. The Kier molecular flexibility index (Phi) is 6.40. The number of carbonyl (C=O) groups excluding carboxylic acids is 2. The molecule has 0 spiro atoms. The number of para-hydroxylation sites is 1. The molecular weight excluding hydrogens is 296 g/mol. The van der Waals surface area contributed by atoms with Crippen molar-refractivity contribution in [3.8, 4) is 5.75 Å². The maximum absolute atomic E-state index is 12.3. The number of amides is 2. The Bertz CT molecular complexity index is 521. The number of hydrogen-bond donors (Lipinski definition) is 0. The van der Waals surface area contributed by atoms with Gasteiger partial charge < -0.3 is 9.64 Å². The number of nitrogens with zero attached hydrogens (tertiary/aromatic N) is 2. The Labute approximate surface area is 136 Å². The highest BCUT2D eigenvalue weighted by atomic mass is 16.7. The fourth-order valence-corrected chi connectivity index (χ4v) is 2.68. The first kappa shape index (κ1) is 17.3. The highest BCUT2D eigenvalue weighted by molar-refractivity contribution is 5.80. The van der Waals surface area contributed by atoms with Gasteiger partial charge in [0.25, 0.3) is 5.91 Å². The van der Waals surface area contributed by atoms with Gasteiger partial charge in [0.15, 0.2) is 0 Å². The van der Waals surface area contributed by atoms with E-state index >= 15 is 0 Å². The van der Waals surface area contributed by atoms with Crippen LogP contribution in [-0.4, -0.2) is 55.6 Å². The van der Waals surface area contributed by atoms with E-state index in [0.29, 0.717) is 26.1 Å². The smallest absolute Gasteiger partial charge is 0.250 e. The molecule has 1 aromatic carbocycles. The molecule has 0 radical (unpaired) electrons. The summed E-state index contributed by atoms with van der Waals surface area (Å²) in [5, 5.41) is 1.23. The summed E-state index contributed by atoms with van der Waals surface area (Å²) in [5.74, 6) is 0.519. The number of hydroxylamine groups is 2. The zero-order chi connectivity index (χ0) is 16.7. The number of rotatable bonds is 6. The van der Waals surface area contributed by atoms with E-state index in [1.807, 2.05) is 30.3 Å². The SMILES string of the molecule is CON(C)C(=O)C1CCCN(C(=O)CCOc2ccccc2)C1. The predicted molar refractivity (Wildman–Crippen MR) is 85.6 cm³/mol. The number of ether oxygens (including phenoxy) is 1. The molecule has 1 aliphatic rings. The van der Waals surface area contributed by atoms with E-state index in [9.17, 15) is 9.59 Å². The molecule has 0 bridgehead atoms. The van der Waals surface area contributed by atoms with Gasteiger partial charge in [0.2, 0.25) is 5.91 Å². The van der Waals surface area contributed by atoms with Crippen LogP contribution in [0.25, 0.3) is 0 Å². The third-order valence-corrected chi connectivity index (χ3v) is 4.04. The average Bonchev–Trinajstić information content (AvgIpc) is 2.61. The third kappa shape index (κ3) is 4.96. The summed E-state index contributed by atoms with van der Waals surface area (Å²) in [4.78, 5) is 31.1. The van der Waals surface area contributed by atoms with Gasteiger partial charge in [-0.1, -0.05) is 18.2 Å². The molecule has 1 fully saturated rings. The van der Waals surface area contributed by atoms with Gasteiger partial charge in [-0.05, 0) is 25.0 Å². The lowest BCUT2D eigenvalue weighted by Gasteiger charge is -2.33. The van der Waals surface area contributed by atoms with Gasteiger partial charge in [-0.3, -0.25) is 14.4 Å². The van der Waals surface area contributed by atoms with E-state index in [-0.39, 0.29) is 17.7 Å². The van der Waals surface area contributed by atoms with Crippen LogP contribution in [0.5, 0.6) is 5.75 Å². The van der Waals surface area contributed by atoms with E-state index in [1.165, 1.54) is 12.2 Å². The van der Waals surface area contributed by atoms with Crippen LogP contribution in [0.3, 0.4) is 0 Å². The van der Waals surface area contributed by atoms with Crippen molar-refractivity contribution in [2.24, 2.45) is 5.92 Å². The molecule has 1 unspecified atom stereocenters. The van der Waals surface area contributed by atoms with Crippen molar-refractivity contribution >= 4 is 11.8 Å². The molecule has 1 aromatic rings.